The third-order valence-corrected chi connectivity index (χ3v) is 10.1. The standard InChI is InChI=1S/C30H20N2S2/c1-2-9-21-18(7-1)12-14-23-27(21)34-28-24(31-23)15-13-19-17-20-8-5-6-16-30(20)29(26(19)28)33-25-11-4-3-10-22(25)32-30/h1-13,15,17,25H,14,16H2. The van der Waals surface area contributed by atoms with Crippen molar-refractivity contribution in [3.63, 3.8) is 0 Å². The molecule has 2 heterocycles. The molecule has 2 atom stereocenters. The first-order chi connectivity index (χ1) is 16.8. The van der Waals surface area contributed by atoms with Gasteiger partial charge in [0.15, 0.2) is 0 Å². The molecular formula is C30H20N2S2. The van der Waals surface area contributed by atoms with Crippen molar-refractivity contribution in [2.45, 2.75) is 28.5 Å². The summed E-state index contributed by atoms with van der Waals surface area (Å²) < 4.78 is 0. The minimum absolute atomic E-state index is 0.268. The fourth-order valence-electron chi connectivity index (χ4n) is 5.74. The number of aliphatic imine (C=N–C) groups is 2. The van der Waals surface area contributed by atoms with Gasteiger partial charge in [0.1, 0.15) is 5.54 Å². The Morgan fingerprint density at radius 3 is 2.97 bits per heavy atom. The van der Waals surface area contributed by atoms with Crippen LogP contribution in [-0.2, 0) is 0 Å². The number of hydrogen-bond donors (Lipinski definition) is 0. The molecule has 2 aliphatic heterocycles. The average Bonchev–Trinajstić information content (AvgIpc) is 2.89. The minimum Gasteiger partial charge on any atom is -0.271 e. The highest BCUT2D eigenvalue weighted by atomic mass is 32.2. The predicted octanol–water partition coefficient (Wildman–Crippen LogP) is 4.07. The third kappa shape index (κ3) is 2.56. The van der Waals surface area contributed by atoms with Crippen LogP contribution in [0.1, 0.15) is 12.8 Å². The fourth-order valence-corrected chi connectivity index (χ4v) is 8.54. The summed E-state index contributed by atoms with van der Waals surface area (Å²) >= 11 is 3.90. The maximum absolute atomic E-state index is 5.46. The van der Waals surface area contributed by atoms with Crippen LogP contribution in [0.2, 0.25) is 0 Å². The van der Waals surface area contributed by atoms with E-state index in [0.29, 0.717) is 0 Å². The van der Waals surface area contributed by atoms with Crippen LogP contribution in [0.4, 0.5) is 5.69 Å². The van der Waals surface area contributed by atoms with Gasteiger partial charge in [-0.1, -0.05) is 84.6 Å². The van der Waals surface area contributed by atoms with E-state index in [2.05, 4.69) is 91.1 Å². The van der Waals surface area contributed by atoms with Crippen LogP contribution in [-0.4, -0.2) is 22.2 Å². The van der Waals surface area contributed by atoms with Gasteiger partial charge >= 0.3 is 0 Å². The van der Waals surface area contributed by atoms with E-state index in [1.54, 1.807) is 0 Å². The summed E-state index contributed by atoms with van der Waals surface area (Å²) in [7, 11) is 0. The third-order valence-electron chi connectivity index (χ3n) is 7.35. The van der Waals surface area contributed by atoms with Crippen LogP contribution in [0.15, 0.2) is 99.4 Å². The zero-order chi connectivity index (χ0) is 22.3. The van der Waals surface area contributed by atoms with Crippen LogP contribution in [0.25, 0.3) is 22.0 Å². The lowest BCUT2D eigenvalue weighted by Crippen LogP contribution is -2.47. The molecule has 4 heteroatoms. The average molecular weight is 473 g/mol. The molecule has 162 valence electrons. The number of nitrogens with zero attached hydrogens (tertiary/aromatic N) is 2. The quantitative estimate of drug-likeness (QED) is 0.578. The van der Waals surface area contributed by atoms with Crippen molar-refractivity contribution < 1.29 is 0 Å². The van der Waals surface area contributed by atoms with Gasteiger partial charge < -0.3 is 0 Å². The van der Waals surface area contributed by atoms with Gasteiger partial charge in [-0.15, -0.1) is 11.8 Å². The molecule has 34 heavy (non-hydrogen) atoms. The van der Waals surface area contributed by atoms with Crippen LogP contribution in [0, 0.1) is 0 Å². The van der Waals surface area contributed by atoms with Crippen molar-refractivity contribution in [3.8, 4) is 0 Å². The van der Waals surface area contributed by atoms with Crippen LogP contribution in [0.3, 0.4) is 0 Å². The van der Waals surface area contributed by atoms with Gasteiger partial charge in [0.25, 0.3) is 0 Å². The fraction of sp³-hybridized carbons (Fsp3) is 0.133. The van der Waals surface area contributed by atoms with Gasteiger partial charge in [0.2, 0.25) is 0 Å². The SMILES string of the molecule is C1=CCC23N=C4C=CC=CC4SC2=c2c4c(ccc2=CC3=C1)N=C1CC=c2ccccc2=C1S4. The van der Waals surface area contributed by atoms with Crippen LogP contribution >= 0.6 is 23.5 Å². The van der Waals surface area contributed by atoms with Crippen LogP contribution < -0.4 is 20.9 Å². The molecule has 0 N–H and O–H groups in total. The van der Waals surface area contributed by atoms with E-state index >= 15 is 0 Å². The highest BCUT2D eigenvalue weighted by molar-refractivity contribution is 8.10. The zero-order valence-corrected chi connectivity index (χ0v) is 20.0. The molecule has 6 aliphatic rings. The largest absolute Gasteiger partial charge is 0.271 e. The van der Waals surface area contributed by atoms with E-state index in [4.69, 9.17) is 9.98 Å². The zero-order valence-electron chi connectivity index (χ0n) is 18.4. The van der Waals surface area contributed by atoms with Crippen molar-refractivity contribution in [2.24, 2.45) is 9.98 Å². The Labute approximate surface area is 206 Å². The molecule has 0 radical (unpaired) electrons. The molecule has 0 amide bonds. The lowest BCUT2D eigenvalue weighted by atomic mass is 9.78. The summed E-state index contributed by atoms with van der Waals surface area (Å²) in [6.45, 7) is 0. The second-order valence-electron chi connectivity index (χ2n) is 9.27. The van der Waals surface area contributed by atoms with Crippen molar-refractivity contribution in [3.05, 3.63) is 105 Å². The Kier molecular flexibility index (Phi) is 3.95. The normalized spacial score (nSPS) is 26.7. The van der Waals surface area contributed by atoms with Crippen molar-refractivity contribution in [1.29, 1.82) is 0 Å². The Balaban J connectivity index is 1.48. The first-order valence-corrected chi connectivity index (χ1v) is 13.4. The van der Waals surface area contributed by atoms with Gasteiger partial charge in [-0.3, -0.25) is 9.98 Å². The van der Waals surface area contributed by atoms with E-state index in [-0.39, 0.29) is 10.8 Å². The molecule has 2 unspecified atom stereocenters. The van der Waals surface area contributed by atoms with E-state index in [1.165, 1.54) is 52.6 Å². The van der Waals surface area contributed by atoms with Crippen molar-refractivity contribution in [1.82, 2.24) is 0 Å². The summed E-state index contributed by atoms with van der Waals surface area (Å²) in [4.78, 5) is 14.6. The Morgan fingerprint density at radius 2 is 1.97 bits per heavy atom. The van der Waals surface area contributed by atoms with E-state index in [9.17, 15) is 0 Å². The summed E-state index contributed by atoms with van der Waals surface area (Å²) in [6, 6.07) is 13.2. The van der Waals surface area contributed by atoms with Crippen molar-refractivity contribution in [2.75, 3.05) is 0 Å². The number of rotatable bonds is 0. The minimum atomic E-state index is -0.323. The number of fused-ring (bicyclic) bond motifs is 6. The number of thioether (sulfide) groups is 2. The van der Waals surface area contributed by atoms with Gasteiger partial charge in [-0.25, -0.2) is 0 Å². The molecule has 0 bridgehead atoms. The monoisotopic (exact) mass is 472 g/mol. The second kappa shape index (κ2) is 6.97. The molecule has 2 aromatic rings. The Hall–Kier alpha value is -3.08. The van der Waals surface area contributed by atoms with Gasteiger partial charge in [0.05, 0.1) is 22.4 Å². The van der Waals surface area contributed by atoms with E-state index in [0.717, 1.165) is 18.5 Å². The summed E-state index contributed by atoms with van der Waals surface area (Å²) in [5.74, 6) is 0. The first-order valence-electron chi connectivity index (χ1n) is 11.7. The molecule has 2 nitrogen and oxygen atoms in total. The summed E-state index contributed by atoms with van der Waals surface area (Å²) in [5.41, 5.74) is 4.44. The lowest BCUT2D eigenvalue weighted by molar-refractivity contribution is 0.662. The summed E-state index contributed by atoms with van der Waals surface area (Å²) in [5, 5.41) is 5.52. The molecule has 0 saturated heterocycles. The maximum Gasteiger partial charge on any atom is 0.121 e. The first kappa shape index (κ1) is 19.2. The summed E-state index contributed by atoms with van der Waals surface area (Å²) in [6.07, 6.45) is 21.9. The van der Waals surface area contributed by atoms with E-state index < -0.39 is 0 Å². The number of allylic oxidation sites excluding steroid dienone is 5. The molecular weight excluding hydrogens is 452 g/mol. The molecule has 0 fully saturated rings. The molecule has 4 aliphatic carbocycles. The van der Waals surface area contributed by atoms with Gasteiger partial charge in [-0.2, -0.15) is 0 Å². The number of benzene rings is 2. The van der Waals surface area contributed by atoms with Gasteiger partial charge in [0, 0.05) is 26.3 Å². The molecule has 1 spiro atoms. The molecule has 0 aromatic heterocycles. The highest BCUT2D eigenvalue weighted by Crippen LogP contribution is 2.51. The smallest absolute Gasteiger partial charge is 0.121 e. The second-order valence-corrected chi connectivity index (χ2v) is 11.4. The lowest BCUT2D eigenvalue weighted by Gasteiger charge is -2.42. The molecule has 0 saturated carbocycles. The Morgan fingerprint density at radius 1 is 1.00 bits per heavy atom. The maximum atomic E-state index is 5.46. The molecule has 2 aromatic carbocycles. The van der Waals surface area contributed by atoms with Crippen LogP contribution in [0.5, 0.6) is 0 Å². The van der Waals surface area contributed by atoms with Gasteiger partial charge in [-0.05, 0) is 45.9 Å². The van der Waals surface area contributed by atoms with Crippen molar-refractivity contribution >= 4 is 62.6 Å². The number of hydrogen-bond acceptors (Lipinski definition) is 4. The molecule has 8 rings (SSSR count). The highest BCUT2D eigenvalue weighted by Gasteiger charge is 2.45. The Bertz CT molecular complexity index is 1760. The predicted molar refractivity (Wildman–Crippen MR) is 146 cm³/mol. The topological polar surface area (TPSA) is 24.7 Å². The van der Waals surface area contributed by atoms with E-state index in [1.807, 2.05) is 23.5 Å².